The summed E-state index contributed by atoms with van der Waals surface area (Å²) in [6, 6.07) is 9.89. The predicted octanol–water partition coefficient (Wildman–Crippen LogP) is 3.47. The van der Waals surface area contributed by atoms with Gasteiger partial charge in [0, 0.05) is 16.6 Å². The average Bonchev–Trinajstić information content (AvgIpc) is 2.92. The number of aromatic nitrogens is 1. The fourth-order valence-corrected chi connectivity index (χ4v) is 3.96. The van der Waals surface area contributed by atoms with Gasteiger partial charge in [-0.3, -0.25) is 4.79 Å². The van der Waals surface area contributed by atoms with Crippen molar-refractivity contribution in [3.63, 3.8) is 0 Å². The van der Waals surface area contributed by atoms with Gasteiger partial charge in [0.15, 0.2) is 9.84 Å². The number of phenolic OH excluding ortho intramolecular Hbond substituents is 1. The molecule has 3 aromatic rings. The number of carbonyl (C=O) groups is 1. The number of hydrogen-bond donors (Lipinski definition) is 3. The van der Waals surface area contributed by atoms with Crippen LogP contribution < -0.4 is 5.32 Å². The summed E-state index contributed by atoms with van der Waals surface area (Å²) < 4.78 is 24.1. The molecule has 6 nitrogen and oxygen atoms in total. The van der Waals surface area contributed by atoms with E-state index in [1.807, 2.05) is 32.0 Å². The highest BCUT2D eigenvalue weighted by atomic mass is 32.2. The largest absolute Gasteiger partial charge is 0.506 e. The van der Waals surface area contributed by atoms with Crippen molar-refractivity contribution in [3.05, 3.63) is 53.2 Å². The third kappa shape index (κ3) is 3.83. The maximum atomic E-state index is 12.6. The van der Waals surface area contributed by atoms with Crippen LogP contribution >= 0.6 is 0 Å². The molecule has 0 unspecified atom stereocenters. The minimum atomic E-state index is -3.43. The van der Waals surface area contributed by atoms with E-state index in [2.05, 4.69) is 10.3 Å². The van der Waals surface area contributed by atoms with Crippen LogP contribution in [0.2, 0.25) is 0 Å². The van der Waals surface area contributed by atoms with Gasteiger partial charge < -0.3 is 15.4 Å². The topological polar surface area (TPSA) is 99.3 Å². The first-order chi connectivity index (χ1) is 12.7. The Balaban J connectivity index is 1.88. The molecule has 0 bridgehead atoms. The maximum Gasteiger partial charge on any atom is 0.228 e. The van der Waals surface area contributed by atoms with Crippen LogP contribution in [0.25, 0.3) is 10.9 Å². The molecule has 0 saturated carbocycles. The maximum absolute atomic E-state index is 12.6. The number of aryl methyl sites for hydroxylation is 2. The molecule has 0 saturated heterocycles. The second kappa shape index (κ2) is 7.08. The minimum absolute atomic E-state index is 0.0565. The van der Waals surface area contributed by atoms with Crippen molar-refractivity contribution in [1.82, 2.24) is 4.98 Å². The van der Waals surface area contributed by atoms with E-state index in [-0.39, 0.29) is 34.4 Å². The van der Waals surface area contributed by atoms with Crippen molar-refractivity contribution in [1.29, 1.82) is 0 Å². The molecule has 0 aliphatic rings. The molecular formula is C20H22N2O4S. The van der Waals surface area contributed by atoms with E-state index in [1.165, 1.54) is 18.2 Å². The first kappa shape index (κ1) is 19.0. The summed E-state index contributed by atoms with van der Waals surface area (Å²) >= 11 is 0. The second-order valence-corrected chi connectivity index (χ2v) is 8.86. The Bertz CT molecular complexity index is 1130. The van der Waals surface area contributed by atoms with Crippen molar-refractivity contribution in [3.8, 4) is 5.75 Å². The molecule has 0 aliphatic carbocycles. The third-order valence-corrected chi connectivity index (χ3v) is 6.33. The van der Waals surface area contributed by atoms with Gasteiger partial charge in [-0.25, -0.2) is 8.42 Å². The number of nitrogens with one attached hydrogen (secondary N) is 2. The molecule has 27 heavy (non-hydrogen) atoms. The van der Waals surface area contributed by atoms with Crippen LogP contribution in [0, 0.1) is 13.8 Å². The molecule has 0 fully saturated rings. The number of hydrogen-bond acceptors (Lipinski definition) is 4. The van der Waals surface area contributed by atoms with E-state index in [1.54, 1.807) is 6.92 Å². The lowest BCUT2D eigenvalue weighted by Gasteiger charge is -2.10. The van der Waals surface area contributed by atoms with E-state index in [0.29, 0.717) is 0 Å². The molecule has 0 aliphatic heterocycles. The summed E-state index contributed by atoms with van der Waals surface area (Å²) in [5, 5.41) is 13.6. The summed E-state index contributed by atoms with van der Waals surface area (Å²) in [4.78, 5) is 15.9. The highest BCUT2D eigenvalue weighted by molar-refractivity contribution is 7.91. The number of benzene rings is 2. The van der Waals surface area contributed by atoms with Crippen molar-refractivity contribution < 1.29 is 18.3 Å². The van der Waals surface area contributed by atoms with Crippen molar-refractivity contribution in [2.75, 3.05) is 11.1 Å². The van der Waals surface area contributed by atoms with E-state index >= 15 is 0 Å². The molecule has 1 aromatic heterocycles. The Morgan fingerprint density at radius 3 is 2.59 bits per heavy atom. The van der Waals surface area contributed by atoms with Crippen LogP contribution in [-0.2, 0) is 21.1 Å². The Morgan fingerprint density at radius 1 is 1.15 bits per heavy atom. The lowest BCUT2D eigenvalue weighted by molar-refractivity contribution is -0.115. The molecule has 142 valence electrons. The van der Waals surface area contributed by atoms with Gasteiger partial charge in [0.2, 0.25) is 5.91 Å². The quantitative estimate of drug-likeness (QED) is 0.585. The summed E-state index contributed by atoms with van der Waals surface area (Å²) in [5.74, 6) is -0.564. The summed E-state index contributed by atoms with van der Waals surface area (Å²) in [7, 11) is -3.43. The molecule has 3 rings (SSSR count). The van der Waals surface area contributed by atoms with Crippen LogP contribution in [0.5, 0.6) is 5.75 Å². The van der Waals surface area contributed by atoms with Crippen molar-refractivity contribution in [2.45, 2.75) is 32.1 Å². The normalized spacial score (nSPS) is 11.7. The number of aromatic amines is 1. The van der Waals surface area contributed by atoms with E-state index in [9.17, 15) is 18.3 Å². The average molecular weight is 386 g/mol. The van der Waals surface area contributed by atoms with Gasteiger partial charge in [0.25, 0.3) is 0 Å². The monoisotopic (exact) mass is 386 g/mol. The highest BCUT2D eigenvalue weighted by Crippen LogP contribution is 2.28. The van der Waals surface area contributed by atoms with Gasteiger partial charge in [0.05, 0.1) is 22.8 Å². The number of H-pyrrole nitrogens is 1. The van der Waals surface area contributed by atoms with Gasteiger partial charge in [0.1, 0.15) is 5.75 Å². The van der Waals surface area contributed by atoms with Crippen LogP contribution in [0.4, 0.5) is 5.69 Å². The van der Waals surface area contributed by atoms with Gasteiger partial charge >= 0.3 is 0 Å². The summed E-state index contributed by atoms with van der Waals surface area (Å²) in [5.41, 5.74) is 3.92. The van der Waals surface area contributed by atoms with Crippen LogP contribution in [0.15, 0.2) is 41.3 Å². The lowest BCUT2D eigenvalue weighted by atomic mass is 10.1. The number of aromatic hydroxyl groups is 1. The number of phenols is 1. The Morgan fingerprint density at radius 2 is 1.89 bits per heavy atom. The van der Waals surface area contributed by atoms with E-state index in [0.717, 1.165) is 27.7 Å². The Kier molecular flexibility index (Phi) is 4.97. The number of carbonyl (C=O) groups excluding carboxylic acids is 1. The molecule has 1 amide bonds. The molecule has 1 heterocycles. The first-order valence-corrected chi connectivity index (χ1v) is 10.3. The molecule has 0 radical (unpaired) electrons. The van der Waals surface area contributed by atoms with Crippen LogP contribution in [0.1, 0.15) is 23.7 Å². The fraction of sp³-hybridized carbons (Fsp3) is 0.250. The van der Waals surface area contributed by atoms with Crippen molar-refractivity contribution in [2.24, 2.45) is 0 Å². The third-order valence-electron chi connectivity index (χ3n) is 4.59. The highest BCUT2D eigenvalue weighted by Gasteiger charge is 2.17. The zero-order valence-corrected chi connectivity index (χ0v) is 16.3. The SMILES string of the molecule is CCS(=O)(=O)c1ccc(O)c(NC(=O)Cc2c(C)[nH]c3ccc(C)cc23)c1. The zero-order valence-electron chi connectivity index (χ0n) is 15.5. The Labute approximate surface area is 158 Å². The smallest absolute Gasteiger partial charge is 0.228 e. The van der Waals surface area contributed by atoms with E-state index in [4.69, 9.17) is 0 Å². The predicted molar refractivity (Wildman–Crippen MR) is 106 cm³/mol. The number of rotatable bonds is 5. The summed E-state index contributed by atoms with van der Waals surface area (Å²) in [6.07, 6.45) is 0.111. The number of sulfone groups is 1. The minimum Gasteiger partial charge on any atom is -0.506 e. The summed E-state index contributed by atoms with van der Waals surface area (Å²) in [6.45, 7) is 5.44. The number of amides is 1. The molecule has 2 aromatic carbocycles. The molecule has 7 heteroatoms. The van der Waals surface area contributed by atoms with Gasteiger partial charge in [-0.1, -0.05) is 18.6 Å². The molecule has 3 N–H and O–H groups in total. The second-order valence-electron chi connectivity index (χ2n) is 6.58. The van der Waals surface area contributed by atoms with Gasteiger partial charge in [-0.15, -0.1) is 0 Å². The first-order valence-electron chi connectivity index (χ1n) is 8.64. The molecular weight excluding hydrogens is 364 g/mol. The van der Waals surface area contributed by atoms with E-state index < -0.39 is 9.84 Å². The molecule has 0 atom stereocenters. The van der Waals surface area contributed by atoms with Gasteiger partial charge in [-0.2, -0.15) is 0 Å². The molecule has 0 spiro atoms. The Hall–Kier alpha value is -2.80. The fourth-order valence-electron chi connectivity index (χ4n) is 3.05. The zero-order chi connectivity index (χ0) is 19.8. The van der Waals surface area contributed by atoms with Crippen LogP contribution in [0.3, 0.4) is 0 Å². The van der Waals surface area contributed by atoms with Gasteiger partial charge in [-0.05, 0) is 49.7 Å². The standard InChI is InChI=1S/C20H22N2O4S/c1-4-27(25,26)14-6-8-19(23)18(10-14)22-20(24)11-15-13(3)21-17-7-5-12(2)9-16(15)17/h5-10,21,23H,4,11H2,1-3H3,(H,22,24). The number of anilines is 1. The van der Waals surface area contributed by atoms with Crippen molar-refractivity contribution >= 4 is 32.3 Å². The number of fused-ring (bicyclic) bond motifs is 1. The van der Waals surface area contributed by atoms with Crippen LogP contribution in [-0.4, -0.2) is 30.2 Å². The lowest BCUT2D eigenvalue weighted by Crippen LogP contribution is -2.15.